The lowest BCUT2D eigenvalue weighted by Crippen LogP contribution is -2.35. The Balaban J connectivity index is 1.49. The molecule has 0 aliphatic carbocycles. The standard InChI is InChI=1S/C22H24F3N3O2S/c1-15(26-21(30)16-7-9-19(10-8-16)31-22(23,24)25)13-20(29)27-17-5-4-6-18(14-17)28-11-2-3-12-28/h4-10,14-15H,2-3,11-13H2,1H3,(H,26,30)(H,27,29). The molecule has 0 bridgehead atoms. The summed E-state index contributed by atoms with van der Waals surface area (Å²) in [5, 5.41) is 5.55. The smallest absolute Gasteiger partial charge is 0.371 e. The van der Waals surface area contributed by atoms with Gasteiger partial charge in [-0.15, -0.1) is 0 Å². The molecule has 1 atom stereocenters. The Hall–Kier alpha value is -2.68. The van der Waals surface area contributed by atoms with Gasteiger partial charge in [0, 0.05) is 47.4 Å². The molecular weight excluding hydrogens is 427 g/mol. The van der Waals surface area contributed by atoms with Crippen molar-refractivity contribution in [2.75, 3.05) is 23.3 Å². The summed E-state index contributed by atoms with van der Waals surface area (Å²) in [5.74, 6) is -0.678. The van der Waals surface area contributed by atoms with Crippen LogP contribution in [0, 0.1) is 0 Å². The zero-order valence-electron chi connectivity index (χ0n) is 17.0. The van der Waals surface area contributed by atoms with Crippen molar-refractivity contribution in [1.82, 2.24) is 5.32 Å². The minimum absolute atomic E-state index is 0.00707. The fraction of sp³-hybridized carbons (Fsp3) is 0.364. The molecular formula is C22H24F3N3O2S. The third kappa shape index (κ3) is 7.20. The zero-order chi connectivity index (χ0) is 22.4. The molecule has 2 aromatic rings. The third-order valence-electron chi connectivity index (χ3n) is 4.82. The predicted octanol–water partition coefficient (Wildman–Crippen LogP) is 5.05. The Morgan fingerprint density at radius 1 is 1.10 bits per heavy atom. The fourth-order valence-corrected chi connectivity index (χ4v) is 3.95. The van der Waals surface area contributed by atoms with Crippen LogP contribution in [0.3, 0.4) is 0 Å². The van der Waals surface area contributed by atoms with E-state index in [4.69, 9.17) is 0 Å². The van der Waals surface area contributed by atoms with Crippen molar-refractivity contribution in [3.63, 3.8) is 0 Å². The molecule has 9 heteroatoms. The number of thioether (sulfide) groups is 1. The van der Waals surface area contributed by atoms with Gasteiger partial charge in [-0.05, 0) is 74.0 Å². The first kappa shape index (κ1) is 23.0. The third-order valence-corrected chi connectivity index (χ3v) is 5.56. The summed E-state index contributed by atoms with van der Waals surface area (Å²) in [5.41, 5.74) is -2.37. The Labute approximate surface area is 183 Å². The van der Waals surface area contributed by atoms with E-state index in [1.54, 1.807) is 6.92 Å². The van der Waals surface area contributed by atoms with Crippen LogP contribution >= 0.6 is 11.8 Å². The number of carbonyl (C=O) groups excluding carboxylic acids is 2. The number of benzene rings is 2. The lowest BCUT2D eigenvalue weighted by molar-refractivity contribution is -0.116. The Kier molecular flexibility index (Phi) is 7.48. The van der Waals surface area contributed by atoms with Gasteiger partial charge in [0.2, 0.25) is 5.91 Å². The second kappa shape index (κ2) is 10.1. The molecule has 1 heterocycles. The molecule has 1 unspecified atom stereocenters. The Morgan fingerprint density at radius 3 is 2.42 bits per heavy atom. The lowest BCUT2D eigenvalue weighted by atomic mass is 10.1. The number of nitrogens with one attached hydrogen (secondary N) is 2. The van der Waals surface area contributed by atoms with Gasteiger partial charge < -0.3 is 15.5 Å². The number of anilines is 2. The van der Waals surface area contributed by atoms with Crippen LogP contribution in [0.15, 0.2) is 53.4 Å². The molecule has 5 nitrogen and oxygen atoms in total. The monoisotopic (exact) mass is 451 g/mol. The van der Waals surface area contributed by atoms with Gasteiger partial charge in [-0.1, -0.05) is 6.07 Å². The van der Waals surface area contributed by atoms with Crippen LogP contribution in [-0.4, -0.2) is 36.5 Å². The molecule has 2 amide bonds. The highest BCUT2D eigenvalue weighted by Crippen LogP contribution is 2.36. The molecule has 0 radical (unpaired) electrons. The van der Waals surface area contributed by atoms with Gasteiger partial charge in [0.15, 0.2) is 0 Å². The fourth-order valence-electron chi connectivity index (χ4n) is 3.41. The number of hydrogen-bond donors (Lipinski definition) is 2. The van der Waals surface area contributed by atoms with Crippen LogP contribution in [0.1, 0.15) is 36.5 Å². The zero-order valence-corrected chi connectivity index (χ0v) is 17.9. The van der Waals surface area contributed by atoms with Crippen LogP contribution < -0.4 is 15.5 Å². The van der Waals surface area contributed by atoms with E-state index < -0.39 is 17.5 Å². The highest BCUT2D eigenvalue weighted by atomic mass is 32.2. The SMILES string of the molecule is CC(CC(=O)Nc1cccc(N2CCCC2)c1)NC(=O)c1ccc(SC(F)(F)F)cc1. The lowest BCUT2D eigenvalue weighted by Gasteiger charge is -2.19. The van der Waals surface area contributed by atoms with Gasteiger partial charge in [0.05, 0.1) is 0 Å². The van der Waals surface area contributed by atoms with E-state index in [1.165, 1.54) is 24.3 Å². The molecule has 1 fully saturated rings. The van der Waals surface area contributed by atoms with Crippen molar-refractivity contribution < 1.29 is 22.8 Å². The van der Waals surface area contributed by atoms with Crippen molar-refractivity contribution >= 4 is 35.0 Å². The molecule has 1 saturated heterocycles. The molecule has 1 aliphatic rings. The number of halogens is 3. The van der Waals surface area contributed by atoms with Gasteiger partial charge in [0.25, 0.3) is 5.91 Å². The summed E-state index contributed by atoms with van der Waals surface area (Å²) >= 11 is -0.234. The van der Waals surface area contributed by atoms with E-state index in [1.807, 2.05) is 24.3 Å². The molecule has 1 aliphatic heterocycles. The minimum atomic E-state index is -4.38. The second-order valence-electron chi connectivity index (χ2n) is 7.44. The second-order valence-corrected chi connectivity index (χ2v) is 8.58. The number of rotatable bonds is 7. The van der Waals surface area contributed by atoms with Crippen molar-refractivity contribution in [2.45, 2.75) is 42.6 Å². The molecule has 3 rings (SSSR count). The summed E-state index contributed by atoms with van der Waals surface area (Å²) in [4.78, 5) is 27.0. The first-order valence-corrected chi connectivity index (χ1v) is 10.8. The number of carbonyl (C=O) groups is 2. The van der Waals surface area contributed by atoms with Crippen LogP contribution in [0.4, 0.5) is 24.5 Å². The molecule has 166 valence electrons. The highest BCUT2D eigenvalue weighted by molar-refractivity contribution is 8.00. The number of hydrogen-bond acceptors (Lipinski definition) is 4. The van der Waals surface area contributed by atoms with Crippen molar-refractivity contribution in [1.29, 1.82) is 0 Å². The van der Waals surface area contributed by atoms with E-state index in [9.17, 15) is 22.8 Å². The average molecular weight is 452 g/mol. The molecule has 0 spiro atoms. The van der Waals surface area contributed by atoms with E-state index in [0.29, 0.717) is 5.69 Å². The minimum Gasteiger partial charge on any atom is -0.371 e. The van der Waals surface area contributed by atoms with Gasteiger partial charge >= 0.3 is 5.51 Å². The maximum Gasteiger partial charge on any atom is 0.446 e. The van der Waals surface area contributed by atoms with Crippen molar-refractivity contribution in [2.24, 2.45) is 0 Å². The maximum absolute atomic E-state index is 12.4. The van der Waals surface area contributed by atoms with Crippen molar-refractivity contribution in [3.8, 4) is 0 Å². The van der Waals surface area contributed by atoms with Crippen LogP contribution in [-0.2, 0) is 4.79 Å². The van der Waals surface area contributed by atoms with Gasteiger partial charge in [-0.25, -0.2) is 0 Å². The van der Waals surface area contributed by atoms with Gasteiger partial charge in [-0.2, -0.15) is 13.2 Å². The van der Waals surface area contributed by atoms with Crippen molar-refractivity contribution in [3.05, 3.63) is 54.1 Å². The Morgan fingerprint density at radius 2 is 1.77 bits per heavy atom. The number of amides is 2. The maximum atomic E-state index is 12.4. The molecule has 2 aromatic carbocycles. The van der Waals surface area contributed by atoms with Crippen LogP contribution in [0.5, 0.6) is 0 Å². The predicted molar refractivity (Wildman–Crippen MR) is 116 cm³/mol. The molecule has 2 N–H and O–H groups in total. The molecule has 0 aromatic heterocycles. The number of alkyl halides is 3. The van der Waals surface area contributed by atoms with E-state index in [0.717, 1.165) is 31.6 Å². The molecule has 0 saturated carbocycles. The van der Waals surface area contributed by atoms with E-state index in [-0.39, 0.29) is 34.5 Å². The normalized spacial score (nSPS) is 14.9. The number of nitrogens with zero attached hydrogens (tertiary/aromatic N) is 1. The Bertz CT molecular complexity index is 913. The van der Waals surface area contributed by atoms with Gasteiger partial charge in [-0.3, -0.25) is 9.59 Å². The van der Waals surface area contributed by atoms with E-state index >= 15 is 0 Å². The summed E-state index contributed by atoms with van der Waals surface area (Å²) in [6.07, 6.45) is 2.40. The first-order chi connectivity index (χ1) is 14.7. The van der Waals surface area contributed by atoms with Gasteiger partial charge in [0.1, 0.15) is 0 Å². The van der Waals surface area contributed by atoms with E-state index in [2.05, 4.69) is 15.5 Å². The summed E-state index contributed by atoms with van der Waals surface area (Å²) < 4.78 is 37.2. The largest absolute Gasteiger partial charge is 0.446 e. The molecule has 31 heavy (non-hydrogen) atoms. The average Bonchev–Trinajstić information content (AvgIpc) is 3.22. The highest BCUT2D eigenvalue weighted by Gasteiger charge is 2.29. The topological polar surface area (TPSA) is 61.4 Å². The first-order valence-electron chi connectivity index (χ1n) is 10.0. The summed E-state index contributed by atoms with van der Waals surface area (Å²) in [6, 6.07) is 12.4. The van der Waals surface area contributed by atoms with Crippen LogP contribution in [0.2, 0.25) is 0 Å². The van der Waals surface area contributed by atoms with Crippen LogP contribution in [0.25, 0.3) is 0 Å². The summed E-state index contributed by atoms with van der Waals surface area (Å²) in [7, 11) is 0. The summed E-state index contributed by atoms with van der Waals surface area (Å²) in [6.45, 7) is 3.72. The quantitative estimate of drug-likeness (QED) is 0.579.